The summed E-state index contributed by atoms with van der Waals surface area (Å²) in [6.07, 6.45) is -0.245. The van der Waals surface area contributed by atoms with Crippen LogP contribution in [0.15, 0.2) is 48.5 Å². The second-order valence-corrected chi connectivity index (χ2v) is 8.43. The minimum absolute atomic E-state index is 0.0755. The number of rotatable bonds is 7. The summed E-state index contributed by atoms with van der Waals surface area (Å²) in [6, 6.07) is 14.8. The highest BCUT2D eigenvalue weighted by molar-refractivity contribution is 6.30. The van der Waals surface area contributed by atoms with Gasteiger partial charge in [0.1, 0.15) is 18.1 Å². The first-order chi connectivity index (χ1) is 15.5. The number of para-hydroxylation sites is 2. The smallest absolute Gasteiger partial charge is 0.267 e. The Morgan fingerprint density at radius 1 is 1.06 bits per heavy atom. The number of fused-ring (bicyclic) bond motifs is 1. The summed E-state index contributed by atoms with van der Waals surface area (Å²) in [5.74, 6) is 1.45. The highest BCUT2D eigenvalue weighted by Crippen LogP contribution is 2.33. The normalized spacial score (nSPS) is 18.8. The average molecular weight is 458 g/mol. The summed E-state index contributed by atoms with van der Waals surface area (Å²) < 4.78 is 11.4. The molecule has 0 aromatic heterocycles. The van der Waals surface area contributed by atoms with E-state index in [1.54, 1.807) is 11.8 Å². The lowest BCUT2D eigenvalue weighted by molar-refractivity contribution is -0.133. The van der Waals surface area contributed by atoms with E-state index in [0.717, 1.165) is 31.1 Å². The zero-order valence-electron chi connectivity index (χ0n) is 18.2. The Bertz CT molecular complexity index is 945. The fourth-order valence-corrected chi connectivity index (χ4v) is 4.13. The molecule has 1 saturated heterocycles. The van der Waals surface area contributed by atoms with Crippen LogP contribution < -0.4 is 14.4 Å². The SMILES string of the molecule is C[C@@H]1Oc2ccccc2N(CCC(=O)N2CCN(CCOc3ccc(Cl)cc3)CC2)C1=O. The molecule has 0 bridgehead atoms. The molecule has 2 aromatic carbocycles. The van der Waals surface area contributed by atoms with Crippen LogP contribution in [0.25, 0.3) is 0 Å². The molecule has 8 heteroatoms. The number of carbonyl (C=O) groups excluding carboxylic acids is 2. The highest BCUT2D eigenvalue weighted by Gasteiger charge is 2.32. The second kappa shape index (κ2) is 10.2. The lowest BCUT2D eigenvalue weighted by atomic mass is 10.1. The maximum absolute atomic E-state index is 12.8. The Morgan fingerprint density at radius 2 is 1.78 bits per heavy atom. The molecule has 32 heavy (non-hydrogen) atoms. The molecule has 0 spiro atoms. The number of piperazine rings is 1. The number of benzene rings is 2. The van der Waals surface area contributed by atoms with Crippen molar-refractivity contribution in [2.45, 2.75) is 19.4 Å². The quantitative estimate of drug-likeness (QED) is 0.639. The number of hydrogen-bond donors (Lipinski definition) is 0. The van der Waals surface area contributed by atoms with E-state index < -0.39 is 6.10 Å². The van der Waals surface area contributed by atoms with Gasteiger partial charge in [0.25, 0.3) is 5.91 Å². The van der Waals surface area contributed by atoms with Crippen molar-refractivity contribution in [2.24, 2.45) is 0 Å². The fourth-order valence-electron chi connectivity index (χ4n) is 4.00. The van der Waals surface area contributed by atoms with Gasteiger partial charge in [-0.05, 0) is 43.3 Å². The summed E-state index contributed by atoms with van der Waals surface area (Å²) in [5.41, 5.74) is 0.730. The third kappa shape index (κ3) is 5.34. The summed E-state index contributed by atoms with van der Waals surface area (Å²) >= 11 is 5.89. The van der Waals surface area contributed by atoms with Gasteiger partial charge in [-0.3, -0.25) is 14.5 Å². The summed E-state index contributed by atoms with van der Waals surface area (Å²) in [4.78, 5) is 31.2. The van der Waals surface area contributed by atoms with Crippen molar-refractivity contribution >= 4 is 29.1 Å². The Kier molecular flexibility index (Phi) is 7.17. The van der Waals surface area contributed by atoms with Crippen LogP contribution in [0, 0.1) is 0 Å². The molecular weight excluding hydrogens is 430 g/mol. The summed E-state index contributed by atoms with van der Waals surface area (Å²) in [5, 5.41) is 0.690. The lowest BCUT2D eigenvalue weighted by Gasteiger charge is -2.36. The van der Waals surface area contributed by atoms with E-state index in [-0.39, 0.29) is 11.8 Å². The molecule has 2 amide bonds. The van der Waals surface area contributed by atoms with Crippen LogP contribution in [0.2, 0.25) is 5.02 Å². The third-order valence-corrected chi connectivity index (χ3v) is 6.09. The van der Waals surface area contributed by atoms with Gasteiger partial charge in [-0.25, -0.2) is 0 Å². The van der Waals surface area contributed by atoms with E-state index in [0.29, 0.717) is 43.4 Å². The molecule has 2 aromatic rings. The van der Waals surface area contributed by atoms with E-state index >= 15 is 0 Å². The van der Waals surface area contributed by atoms with Crippen molar-refractivity contribution in [3.8, 4) is 11.5 Å². The number of anilines is 1. The van der Waals surface area contributed by atoms with E-state index in [1.165, 1.54) is 0 Å². The average Bonchev–Trinajstić information content (AvgIpc) is 2.81. The van der Waals surface area contributed by atoms with Crippen LogP contribution >= 0.6 is 11.6 Å². The van der Waals surface area contributed by atoms with Crippen molar-refractivity contribution in [3.05, 3.63) is 53.6 Å². The molecule has 1 atom stereocenters. The van der Waals surface area contributed by atoms with Crippen LogP contribution in [0.4, 0.5) is 5.69 Å². The lowest BCUT2D eigenvalue weighted by Crippen LogP contribution is -2.50. The van der Waals surface area contributed by atoms with Crippen LogP contribution in [-0.4, -0.2) is 73.6 Å². The molecule has 0 radical (unpaired) electrons. The molecule has 0 saturated carbocycles. The Morgan fingerprint density at radius 3 is 2.53 bits per heavy atom. The summed E-state index contributed by atoms with van der Waals surface area (Å²) in [6.45, 7) is 6.49. The first-order valence-corrected chi connectivity index (χ1v) is 11.3. The maximum atomic E-state index is 12.8. The van der Waals surface area contributed by atoms with E-state index in [2.05, 4.69) is 4.90 Å². The van der Waals surface area contributed by atoms with E-state index in [9.17, 15) is 9.59 Å². The standard InChI is InChI=1S/C24H28ClN3O4/c1-18-24(30)28(21-4-2-3-5-22(21)32-18)11-10-23(29)27-14-12-26(13-15-27)16-17-31-20-8-6-19(25)7-9-20/h2-9,18H,10-17H2,1H3/t18-/m0/s1. The Balaban J connectivity index is 1.21. The summed E-state index contributed by atoms with van der Waals surface area (Å²) in [7, 11) is 0. The van der Waals surface area contributed by atoms with Gasteiger partial charge in [0, 0.05) is 50.7 Å². The number of ether oxygens (including phenoxy) is 2. The molecule has 2 aliphatic rings. The maximum Gasteiger partial charge on any atom is 0.267 e. The molecule has 0 aliphatic carbocycles. The predicted octanol–water partition coefficient (Wildman–Crippen LogP) is 3.07. The van der Waals surface area contributed by atoms with Crippen molar-refractivity contribution < 1.29 is 19.1 Å². The van der Waals surface area contributed by atoms with Crippen LogP contribution in [-0.2, 0) is 9.59 Å². The van der Waals surface area contributed by atoms with Gasteiger partial charge in [0.2, 0.25) is 5.91 Å². The monoisotopic (exact) mass is 457 g/mol. The first kappa shape index (κ1) is 22.4. The van der Waals surface area contributed by atoms with E-state index in [4.69, 9.17) is 21.1 Å². The first-order valence-electron chi connectivity index (χ1n) is 11.0. The molecule has 0 unspecified atom stereocenters. The largest absolute Gasteiger partial charge is 0.492 e. The Hall–Kier alpha value is -2.77. The molecule has 170 valence electrons. The zero-order chi connectivity index (χ0) is 22.5. The van der Waals surface area contributed by atoms with Gasteiger partial charge in [0.05, 0.1) is 5.69 Å². The van der Waals surface area contributed by atoms with Crippen molar-refractivity contribution in [1.82, 2.24) is 9.80 Å². The molecule has 2 heterocycles. The number of amides is 2. The van der Waals surface area contributed by atoms with Crippen LogP contribution in [0.1, 0.15) is 13.3 Å². The van der Waals surface area contributed by atoms with Gasteiger partial charge < -0.3 is 19.3 Å². The number of nitrogens with zero attached hydrogens (tertiary/aromatic N) is 3. The van der Waals surface area contributed by atoms with Gasteiger partial charge in [-0.2, -0.15) is 0 Å². The van der Waals surface area contributed by atoms with Crippen molar-refractivity contribution in [1.29, 1.82) is 0 Å². The molecule has 1 fully saturated rings. The molecule has 2 aliphatic heterocycles. The van der Waals surface area contributed by atoms with Crippen LogP contribution in [0.5, 0.6) is 11.5 Å². The Labute approximate surface area is 193 Å². The number of carbonyl (C=O) groups is 2. The van der Waals surface area contributed by atoms with Crippen molar-refractivity contribution in [2.75, 3.05) is 50.8 Å². The molecule has 7 nitrogen and oxygen atoms in total. The van der Waals surface area contributed by atoms with Gasteiger partial charge in [-0.15, -0.1) is 0 Å². The highest BCUT2D eigenvalue weighted by atomic mass is 35.5. The predicted molar refractivity (Wildman–Crippen MR) is 123 cm³/mol. The minimum atomic E-state index is -0.543. The van der Waals surface area contributed by atoms with Gasteiger partial charge in [-0.1, -0.05) is 23.7 Å². The second-order valence-electron chi connectivity index (χ2n) is 7.99. The van der Waals surface area contributed by atoms with Gasteiger partial charge in [0.15, 0.2) is 6.10 Å². The van der Waals surface area contributed by atoms with Crippen molar-refractivity contribution in [3.63, 3.8) is 0 Å². The van der Waals surface area contributed by atoms with E-state index in [1.807, 2.05) is 53.4 Å². The molecular formula is C24H28ClN3O4. The topological polar surface area (TPSA) is 62.3 Å². The molecule has 4 rings (SSSR count). The minimum Gasteiger partial charge on any atom is -0.492 e. The van der Waals surface area contributed by atoms with Gasteiger partial charge >= 0.3 is 0 Å². The fraction of sp³-hybridized carbons (Fsp3) is 0.417. The van der Waals surface area contributed by atoms with Crippen LogP contribution in [0.3, 0.4) is 0 Å². The third-order valence-electron chi connectivity index (χ3n) is 5.84. The zero-order valence-corrected chi connectivity index (χ0v) is 19.0. The number of hydrogen-bond acceptors (Lipinski definition) is 5. The molecule has 0 N–H and O–H groups in total. The number of halogens is 1.